The molecule has 3 aliphatic heterocycles. The second-order valence-electron chi connectivity index (χ2n) is 8.03. The van der Waals surface area contributed by atoms with Crippen molar-refractivity contribution in [3.63, 3.8) is 0 Å². The Morgan fingerprint density at radius 3 is 2.30 bits per heavy atom. The van der Waals surface area contributed by atoms with Gasteiger partial charge >= 0.3 is 0 Å². The van der Waals surface area contributed by atoms with E-state index in [2.05, 4.69) is 56.6 Å². The summed E-state index contributed by atoms with van der Waals surface area (Å²) >= 11 is 0. The molecule has 0 amide bonds. The molecule has 3 unspecified atom stereocenters. The number of rotatable bonds is 10. The molecule has 1 saturated heterocycles. The smallest absolute Gasteiger partial charge is 0.0978 e. The van der Waals surface area contributed by atoms with Crippen molar-refractivity contribution < 1.29 is 10.2 Å². The molecule has 3 heterocycles. The van der Waals surface area contributed by atoms with E-state index in [9.17, 15) is 0 Å². The summed E-state index contributed by atoms with van der Waals surface area (Å²) in [6, 6.07) is 1.07. The number of hydrogen-bond donors (Lipinski definition) is 3. The van der Waals surface area contributed by atoms with Gasteiger partial charge in [-0.25, -0.2) is 0 Å². The van der Waals surface area contributed by atoms with Gasteiger partial charge in [0.15, 0.2) is 0 Å². The van der Waals surface area contributed by atoms with Crippen LogP contribution >= 0.6 is 0 Å². The van der Waals surface area contributed by atoms with Crippen LogP contribution in [0.2, 0.25) is 0 Å². The van der Waals surface area contributed by atoms with Crippen LogP contribution in [-0.2, 0) is 0 Å². The van der Waals surface area contributed by atoms with E-state index >= 15 is 0 Å². The van der Waals surface area contributed by atoms with E-state index in [0.29, 0.717) is 18.2 Å². The van der Waals surface area contributed by atoms with Crippen molar-refractivity contribution in [3.8, 4) is 0 Å². The SMILES string of the molecule is CC1N(CCCO)C=CN1CC1CCCC(CN2C=CN(CCCO)C2)N1. The van der Waals surface area contributed by atoms with Crippen molar-refractivity contribution in [3.05, 3.63) is 24.8 Å². The Hall–Kier alpha value is -1.44. The van der Waals surface area contributed by atoms with E-state index in [0.717, 1.165) is 45.7 Å². The summed E-state index contributed by atoms with van der Waals surface area (Å²) in [7, 11) is 0. The lowest BCUT2D eigenvalue weighted by atomic mass is 9.98. The molecule has 0 spiro atoms. The maximum atomic E-state index is 9.05. The Bertz CT molecular complexity index is 501. The minimum absolute atomic E-state index is 0.255. The molecule has 1 fully saturated rings. The molecule has 0 saturated carbocycles. The van der Waals surface area contributed by atoms with Gasteiger partial charge in [0.2, 0.25) is 0 Å². The first kappa shape index (κ1) is 20.3. The topological polar surface area (TPSA) is 65.5 Å². The lowest BCUT2D eigenvalue weighted by Gasteiger charge is -2.37. The minimum Gasteiger partial charge on any atom is -0.396 e. The highest BCUT2D eigenvalue weighted by Crippen LogP contribution is 2.21. The molecule has 0 aromatic rings. The molecular weight excluding hydrogens is 342 g/mol. The molecule has 3 N–H and O–H groups in total. The average Bonchev–Trinajstić information content (AvgIpc) is 3.26. The highest BCUT2D eigenvalue weighted by atomic mass is 16.3. The zero-order chi connectivity index (χ0) is 19.1. The van der Waals surface area contributed by atoms with Crippen molar-refractivity contribution in [1.82, 2.24) is 24.9 Å². The molecule has 7 nitrogen and oxygen atoms in total. The first-order valence-electron chi connectivity index (χ1n) is 10.5. The molecule has 0 bridgehead atoms. The molecule has 0 radical (unpaired) electrons. The predicted molar refractivity (Wildman–Crippen MR) is 107 cm³/mol. The van der Waals surface area contributed by atoms with Crippen molar-refractivity contribution in [2.75, 3.05) is 46.1 Å². The first-order valence-corrected chi connectivity index (χ1v) is 10.5. The van der Waals surface area contributed by atoms with Gasteiger partial charge in [-0.1, -0.05) is 6.42 Å². The van der Waals surface area contributed by atoms with Gasteiger partial charge in [-0.2, -0.15) is 0 Å². The van der Waals surface area contributed by atoms with Crippen LogP contribution in [-0.4, -0.2) is 94.1 Å². The molecule has 0 aliphatic carbocycles. The van der Waals surface area contributed by atoms with Gasteiger partial charge in [0.25, 0.3) is 0 Å². The summed E-state index contributed by atoms with van der Waals surface area (Å²) in [5, 5.41) is 21.9. The van der Waals surface area contributed by atoms with E-state index in [1.165, 1.54) is 19.3 Å². The van der Waals surface area contributed by atoms with Crippen LogP contribution in [0.3, 0.4) is 0 Å². The van der Waals surface area contributed by atoms with Gasteiger partial charge in [0.1, 0.15) is 0 Å². The normalized spacial score (nSPS) is 28.0. The zero-order valence-electron chi connectivity index (χ0n) is 16.7. The third kappa shape index (κ3) is 5.77. The molecule has 0 aromatic carbocycles. The molecule has 154 valence electrons. The number of piperidine rings is 1. The predicted octanol–water partition coefficient (Wildman–Crippen LogP) is 0.743. The monoisotopic (exact) mass is 379 g/mol. The number of aliphatic hydroxyl groups excluding tert-OH is 2. The zero-order valence-corrected chi connectivity index (χ0v) is 16.7. The minimum atomic E-state index is 0.255. The molecule has 0 aromatic heterocycles. The summed E-state index contributed by atoms with van der Waals surface area (Å²) in [6.07, 6.45) is 14.5. The lowest BCUT2D eigenvalue weighted by molar-refractivity contribution is 0.134. The number of nitrogens with zero attached hydrogens (tertiary/aromatic N) is 4. The van der Waals surface area contributed by atoms with E-state index in [1.54, 1.807) is 0 Å². The van der Waals surface area contributed by atoms with Gasteiger partial charge in [0.05, 0.1) is 12.8 Å². The lowest BCUT2D eigenvalue weighted by Crippen LogP contribution is -2.52. The maximum Gasteiger partial charge on any atom is 0.0978 e. The Kier molecular flexibility index (Phi) is 7.67. The van der Waals surface area contributed by atoms with E-state index in [4.69, 9.17) is 10.2 Å². The largest absolute Gasteiger partial charge is 0.396 e. The van der Waals surface area contributed by atoms with Crippen molar-refractivity contribution in [2.24, 2.45) is 0 Å². The van der Waals surface area contributed by atoms with E-state index in [-0.39, 0.29) is 13.2 Å². The van der Waals surface area contributed by atoms with Gasteiger partial charge < -0.3 is 35.1 Å². The summed E-state index contributed by atoms with van der Waals surface area (Å²) in [6.45, 7) is 7.64. The molecule has 27 heavy (non-hydrogen) atoms. The fourth-order valence-corrected chi connectivity index (χ4v) is 4.33. The highest BCUT2D eigenvalue weighted by molar-refractivity contribution is 4.98. The second-order valence-corrected chi connectivity index (χ2v) is 8.03. The fourth-order valence-electron chi connectivity index (χ4n) is 4.33. The average molecular weight is 380 g/mol. The van der Waals surface area contributed by atoms with Crippen molar-refractivity contribution in [2.45, 2.75) is 57.3 Å². The van der Waals surface area contributed by atoms with Crippen molar-refractivity contribution in [1.29, 1.82) is 0 Å². The third-order valence-electron chi connectivity index (χ3n) is 5.90. The fraction of sp³-hybridized carbons (Fsp3) is 0.800. The number of nitrogens with one attached hydrogen (secondary N) is 1. The third-order valence-corrected chi connectivity index (χ3v) is 5.90. The van der Waals surface area contributed by atoms with Crippen LogP contribution in [0.5, 0.6) is 0 Å². The molecular formula is C20H37N5O2. The van der Waals surface area contributed by atoms with Gasteiger partial charge in [0, 0.05) is 76.3 Å². The van der Waals surface area contributed by atoms with Crippen LogP contribution in [0.15, 0.2) is 24.8 Å². The Morgan fingerprint density at radius 2 is 1.52 bits per heavy atom. The first-order chi connectivity index (χ1) is 13.2. The summed E-state index contributed by atoms with van der Waals surface area (Å²) in [4.78, 5) is 9.39. The number of aliphatic hydroxyl groups is 2. The van der Waals surface area contributed by atoms with E-state index in [1.807, 2.05) is 0 Å². The maximum absolute atomic E-state index is 9.05. The van der Waals surface area contributed by atoms with Crippen LogP contribution in [0.25, 0.3) is 0 Å². The second kappa shape index (κ2) is 10.2. The van der Waals surface area contributed by atoms with Gasteiger partial charge in [-0.3, -0.25) is 0 Å². The van der Waals surface area contributed by atoms with Crippen LogP contribution in [0, 0.1) is 0 Å². The van der Waals surface area contributed by atoms with E-state index < -0.39 is 0 Å². The summed E-state index contributed by atoms with van der Waals surface area (Å²) < 4.78 is 0. The highest BCUT2D eigenvalue weighted by Gasteiger charge is 2.28. The van der Waals surface area contributed by atoms with Crippen LogP contribution < -0.4 is 5.32 Å². The summed E-state index contributed by atoms with van der Waals surface area (Å²) in [5.41, 5.74) is 0. The standard InChI is InChI=1S/C20H37N5O2/c1-18-24(8-4-14-27)11-12-25(18)16-20-6-2-5-19(21-20)15-23-10-9-22(17-23)7-3-13-26/h9-12,18-21,26-27H,2-8,13-17H2,1H3. The molecule has 7 heteroatoms. The Morgan fingerprint density at radius 1 is 0.852 bits per heavy atom. The Balaban J connectivity index is 1.40. The Labute approximate surface area is 163 Å². The molecule has 3 rings (SSSR count). The van der Waals surface area contributed by atoms with Crippen LogP contribution in [0.1, 0.15) is 39.0 Å². The van der Waals surface area contributed by atoms with Crippen molar-refractivity contribution >= 4 is 0 Å². The van der Waals surface area contributed by atoms with Gasteiger partial charge in [-0.05, 0) is 32.6 Å². The molecule has 3 atom stereocenters. The quantitative estimate of drug-likeness (QED) is 0.517. The summed E-state index contributed by atoms with van der Waals surface area (Å²) in [5.74, 6) is 0. The molecule has 3 aliphatic rings. The number of hydrogen-bond acceptors (Lipinski definition) is 7. The van der Waals surface area contributed by atoms with Crippen LogP contribution in [0.4, 0.5) is 0 Å². The van der Waals surface area contributed by atoms with Gasteiger partial charge in [-0.15, -0.1) is 0 Å².